The van der Waals surface area contributed by atoms with E-state index in [1.54, 1.807) is 19.1 Å². The third kappa shape index (κ3) is 5.02. The first kappa shape index (κ1) is 25.2. The molecule has 1 N–H and O–H groups in total. The van der Waals surface area contributed by atoms with Crippen LogP contribution in [0.15, 0.2) is 54.7 Å². The minimum absolute atomic E-state index is 0.0290. The van der Waals surface area contributed by atoms with E-state index >= 15 is 0 Å². The van der Waals surface area contributed by atoms with Crippen molar-refractivity contribution >= 4 is 23.5 Å². The van der Waals surface area contributed by atoms with Crippen molar-refractivity contribution in [1.29, 1.82) is 0 Å². The standard InChI is InChI=1S/C26H23F3N2O5/c1-15-11-12-25(2,24(35)30-15)31-22(33)20-10-6-17(14-21(20)23(31)34)3-7-18(32)13-16-4-8-19(9-5-16)36-26(27,28)29/h4-6,8-10,14H,1,3,7,11-13H2,2H3,(H,30,35)/t25-/m0/s1. The summed E-state index contributed by atoms with van der Waals surface area (Å²) in [5.41, 5.74) is 0.808. The van der Waals surface area contributed by atoms with Crippen LogP contribution >= 0.6 is 0 Å². The molecule has 1 fully saturated rings. The van der Waals surface area contributed by atoms with E-state index in [0.29, 0.717) is 29.7 Å². The van der Waals surface area contributed by atoms with Crippen LogP contribution in [-0.4, -0.2) is 40.3 Å². The molecule has 188 valence electrons. The third-order valence-electron chi connectivity index (χ3n) is 6.39. The van der Waals surface area contributed by atoms with E-state index in [1.807, 2.05) is 0 Å². The van der Waals surface area contributed by atoms with Gasteiger partial charge in [0, 0.05) is 18.5 Å². The highest BCUT2D eigenvalue weighted by Crippen LogP contribution is 2.35. The Morgan fingerprint density at radius 3 is 2.33 bits per heavy atom. The van der Waals surface area contributed by atoms with Gasteiger partial charge in [0.05, 0.1) is 11.1 Å². The zero-order valence-corrected chi connectivity index (χ0v) is 19.4. The van der Waals surface area contributed by atoms with Crippen molar-refractivity contribution in [3.63, 3.8) is 0 Å². The SMILES string of the molecule is C=C1CC[C@](C)(N2C(=O)c3ccc(CCC(=O)Cc4ccc(OC(F)(F)F)cc4)cc3C2=O)C(=O)N1. The third-order valence-corrected chi connectivity index (χ3v) is 6.39. The molecule has 0 bridgehead atoms. The fourth-order valence-corrected chi connectivity index (χ4v) is 4.38. The maximum atomic E-state index is 13.1. The molecule has 3 amide bonds. The van der Waals surface area contributed by atoms with Crippen LogP contribution in [0, 0.1) is 0 Å². The summed E-state index contributed by atoms with van der Waals surface area (Å²) in [7, 11) is 0. The van der Waals surface area contributed by atoms with Crippen LogP contribution in [0.3, 0.4) is 0 Å². The molecule has 2 aliphatic rings. The van der Waals surface area contributed by atoms with Gasteiger partial charge < -0.3 is 10.1 Å². The lowest BCUT2D eigenvalue weighted by atomic mass is 9.88. The average molecular weight is 500 g/mol. The van der Waals surface area contributed by atoms with Gasteiger partial charge in [-0.25, -0.2) is 0 Å². The van der Waals surface area contributed by atoms with Gasteiger partial charge in [-0.15, -0.1) is 13.2 Å². The summed E-state index contributed by atoms with van der Waals surface area (Å²) in [6.45, 7) is 5.28. The molecule has 2 heterocycles. The summed E-state index contributed by atoms with van der Waals surface area (Å²) in [5, 5.41) is 2.62. The Balaban J connectivity index is 1.40. The number of rotatable bonds is 7. The van der Waals surface area contributed by atoms with Gasteiger partial charge in [-0.3, -0.25) is 24.1 Å². The number of Topliss-reactive ketones (excluding diaryl/α,β-unsaturated/α-hetero) is 1. The van der Waals surface area contributed by atoms with E-state index in [-0.39, 0.29) is 41.9 Å². The van der Waals surface area contributed by atoms with Gasteiger partial charge in [-0.05, 0) is 61.6 Å². The number of carbonyl (C=O) groups excluding carboxylic acids is 4. The first-order valence-electron chi connectivity index (χ1n) is 11.2. The molecule has 10 heteroatoms. The van der Waals surface area contributed by atoms with Crippen LogP contribution in [0.25, 0.3) is 0 Å². The molecule has 7 nitrogen and oxygen atoms in total. The molecule has 0 spiro atoms. The molecule has 0 radical (unpaired) electrons. The van der Waals surface area contributed by atoms with Gasteiger partial charge in [-0.1, -0.05) is 24.8 Å². The monoisotopic (exact) mass is 500 g/mol. The smallest absolute Gasteiger partial charge is 0.406 e. The number of alkyl halides is 3. The lowest BCUT2D eigenvalue weighted by molar-refractivity contribution is -0.274. The minimum atomic E-state index is -4.79. The van der Waals surface area contributed by atoms with Crippen LogP contribution in [0.1, 0.15) is 58.0 Å². The molecule has 0 unspecified atom stereocenters. The molecule has 0 saturated carbocycles. The van der Waals surface area contributed by atoms with Crippen LogP contribution in [0.5, 0.6) is 5.75 Å². The van der Waals surface area contributed by atoms with Gasteiger partial charge in [0.2, 0.25) is 5.91 Å². The maximum Gasteiger partial charge on any atom is 0.573 e. The van der Waals surface area contributed by atoms with E-state index in [0.717, 1.165) is 17.0 Å². The lowest BCUT2D eigenvalue weighted by Crippen LogP contribution is -2.60. The van der Waals surface area contributed by atoms with Crippen molar-refractivity contribution < 1.29 is 37.1 Å². The predicted molar refractivity (Wildman–Crippen MR) is 122 cm³/mol. The second kappa shape index (κ2) is 9.25. The summed E-state index contributed by atoms with van der Waals surface area (Å²) >= 11 is 0. The number of ketones is 1. The van der Waals surface area contributed by atoms with Crippen molar-refractivity contribution in [1.82, 2.24) is 10.2 Å². The number of nitrogens with zero attached hydrogens (tertiary/aromatic N) is 1. The first-order valence-corrected chi connectivity index (χ1v) is 11.2. The van der Waals surface area contributed by atoms with Crippen molar-refractivity contribution in [2.75, 3.05) is 0 Å². The van der Waals surface area contributed by atoms with Gasteiger partial charge in [-0.2, -0.15) is 0 Å². The number of hydrogen-bond donors (Lipinski definition) is 1. The van der Waals surface area contributed by atoms with Crippen LogP contribution in [-0.2, 0) is 22.4 Å². The summed E-state index contributed by atoms with van der Waals surface area (Å²) in [4.78, 5) is 52.2. The summed E-state index contributed by atoms with van der Waals surface area (Å²) in [6, 6.07) is 9.83. The molecule has 2 aromatic rings. The highest BCUT2D eigenvalue weighted by Gasteiger charge is 2.51. The number of ether oxygens (including phenoxy) is 1. The number of amides is 3. The zero-order valence-electron chi connectivity index (χ0n) is 19.4. The quantitative estimate of drug-likeness (QED) is 0.578. The fourth-order valence-electron chi connectivity index (χ4n) is 4.38. The van der Waals surface area contributed by atoms with Crippen molar-refractivity contribution in [3.8, 4) is 5.75 Å². The van der Waals surface area contributed by atoms with Crippen molar-refractivity contribution in [3.05, 3.63) is 77.0 Å². The minimum Gasteiger partial charge on any atom is -0.406 e. The Morgan fingerprint density at radius 1 is 1.06 bits per heavy atom. The maximum absolute atomic E-state index is 13.1. The van der Waals surface area contributed by atoms with E-state index in [4.69, 9.17) is 0 Å². The first-order chi connectivity index (χ1) is 16.9. The normalized spacial score (nSPS) is 19.8. The molecule has 0 aliphatic carbocycles. The second-order valence-corrected chi connectivity index (χ2v) is 9.06. The number of imide groups is 1. The molecule has 1 atom stereocenters. The second-order valence-electron chi connectivity index (χ2n) is 9.06. The van der Waals surface area contributed by atoms with Gasteiger partial charge in [0.25, 0.3) is 11.8 Å². The predicted octanol–water partition coefficient (Wildman–Crippen LogP) is 4.11. The summed E-state index contributed by atoms with van der Waals surface area (Å²) in [5.74, 6) is -2.07. The Kier molecular flexibility index (Phi) is 6.46. The number of allylic oxidation sites excluding steroid dienone is 1. The highest BCUT2D eigenvalue weighted by molar-refractivity contribution is 6.23. The molecule has 0 aromatic heterocycles. The van der Waals surface area contributed by atoms with E-state index in [1.165, 1.54) is 18.2 Å². The number of fused-ring (bicyclic) bond motifs is 1. The number of halogens is 3. The largest absolute Gasteiger partial charge is 0.573 e. The molecule has 2 aromatic carbocycles. The Hall–Kier alpha value is -3.95. The van der Waals surface area contributed by atoms with Crippen LogP contribution in [0.2, 0.25) is 0 Å². The van der Waals surface area contributed by atoms with Crippen molar-refractivity contribution in [2.24, 2.45) is 0 Å². The summed E-state index contributed by atoms with van der Waals surface area (Å²) in [6.07, 6.45) is -3.60. The van der Waals surface area contributed by atoms with Crippen LogP contribution in [0.4, 0.5) is 13.2 Å². The number of nitrogens with one attached hydrogen (secondary N) is 1. The van der Waals surface area contributed by atoms with E-state index in [9.17, 15) is 32.3 Å². The van der Waals surface area contributed by atoms with Gasteiger partial charge >= 0.3 is 6.36 Å². The number of benzene rings is 2. The highest BCUT2D eigenvalue weighted by atomic mass is 19.4. The van der Waals surface area contributed by atoms with Gasteiger partial charge in [0.15, 0.2) is 0 Å². The Labute approximate surface area is 204 Å². The molecule has 36 heavy (non-hydrogen) atoms. The van der Waals surface area contributed by atoms with E-state index in [2.05, 4.69) is 16.6 Å². The molecular formula is C26H23F3N2O5. The lowest BCUT2D eigenvalue weighted by Gasteiger charge is -2.39. The summed E-state index contributed by atoms with van der Waals surface area (Å²) < 4.78 is 40.6. The molecule has 1 saturated heterocycles. The number of piperidine rings is 1. The molecule has 2 aliphatic heterocycles. The molecule has 4 rings (SSSR count). The Bertz CT molecular complexity index is 1270. The van der Waals surface area contributed by atoms with Crippen molar-refractivity contribution in [2.45, 2.75) is 50.9 Å². The topological polar surface area (TPSA) is 92.8 Å². The number of carbonyl (C=O) groups is 4. The zero-order chi connectivity index (χ0) is 26.3. The fraction of sp³-hybridized carbons (Fsp3) is 0.308. The number of hydrogen-bond acceptors (Lipinski definition) is 5. The molecular weight excluding hydrogens is 477 g/mol. The Morgan fingerprint density at radius 2 is 1.69 bits per heavy atom. The number of aryl methyl sites for hydroxylation is 1. The van der Waals surface area contributed by atoms with Crippen LogP contribution < -0.4 is 10.1 Å². The van der Waals surface area contributed by atoms with Gasteiger partial charge in [0.1, 0.15) is 17.1 Å². The average Bonchev–Trinajstić information content (AvgIpc) is 3.05. The van der Waals surface area contributed by atoms with E-state index < -0.39 is 29.6 Å².